The van der Waals surface area contributed by atoms with Gasteiger partial charge in [-0.3, -0.25) is 0 Å². The van der Waals surface area contributed by atoms with Crippen LogP contribution in [0, 0.1) is 0 Å². The van der Waals surface area contributed by atoms with Crippen molar-refractivity contribution in [2.24, 2.45) is 5.73 Å². The molecule has 0 unspecified atom stereocenters. The summed E-state index contributed by atoms with van der Waals surface area (Å²) in [5, 5.41) is 1.14. The van der Waals surface area contributed by atoms with Crippen LogP contribution in [0.5, 0.6) is 5.75 Å². The second-order valence-corrected chi connectivity index (χ2v) is 2.89. The Morgan fingerprint density at radius 1 is 1.38 bits per heavy atom. The lowest BCUT2D eigenvalue weighted by Gasteiger charge is -2.07. The van der Waals surface area contributed by atoms with Crippen LogP contribution in [0.4, 0.5) is 0 Å². The predicted molar refractivity (Wildman–Crippen MR) is 52.7 cm³/mol. The quantitative estimate of drug-likeness (QED) is 0.730. The zero-order chi connectivity index (χ0) is 9.26. The first kappa shape index (κ1) is 8.13. The van der Waals surface area contributed by atoms with Crippen molar-refractivity contribution in [3.63, 3.8) is 0 Å². The molecule has 13 heavy (non-hydrogen) atoms. The third-order valence-corrected chi connectivity index (χ3v) is 2.23. The molecule has 2 aromatic rings. The average molecular weight is 176 g/mol. The van der Waals surface area contributed by atoms with Crippen LogP contribution < -0.4 is 10.5 Å². The smallest absolute Gasteiger partial charge is 0.124 e. The van der Waals surface area contributed by atoms with Crippen molar-refractivity contribution in [1.29, 1.82) is 0 Å². The minimum absolute atomic E-state index is 0.498. The zero-order valence-corrected chi connectivity index (χ0v) is 7.50. The maximum atomic E-state index is 5.66. The fourth-order valence-electron chi connectivity index (χ4n) is 1.58. The molecule has 0 aliphatic heterocycles. The molecule has 0 saturated carbocycles. The highest BCUT2D eigenvalue weighted by atomic mass is 16.5. The van der Waals surface area contributed by atoms with E-state index in [-0.39, 0.29) is 0 Å². The first-order chi connectivity index (χ1) is 6.36. The second kappa shape index (κ2) is 3.11. The Balaban J connectivity index is 2.74. The van der Waals surface area contributed by atoms with Crippen LogP contribution in [0.15, 0.2) is 24.4 Å². The highest BCUT2D eigenvalue weighted by Crippen LogP contribution is 2.26. The van der Waals surface area contributed by atoms with Gasteiger partial charge in [-0.1, -0.05) is 0 Å². The minimum Gasteiger partial charge on any atom is -0.496 e. The molecule has 0 fully saturated rings. The summed E-state index contributed by atoms with van der Waals surface area (Å²) in [6.07, 6.45) is 1.91. The Bertz CT molecular complexity index is 420. The predicted octanol–water partition coefficient (Wildman–Crippen LogP) is 1.64. The highest BCUT2D eigenvalue weighted by molar-refractivity contribution is 5.85. The molecule has 2 rings (SSSR count). The van der Waals surface area contributed by atoms with E-state index in [1.807, 2.05) is 24.4 Å². The van der Waals surface area contributed by atoms with Gasteiger partial charge in [0.2, 0.25) is 0 Å². The topological polar surface area (TPSA) is 51.0 Å². The van der Waals surface area contributed by atoms with Gasteiger partial charge < -0.3 is 15.5 Å². The van der Waals surface area contributed by atoms with Gasteiger partial charge in [-0.25, -0.2) is 0 Å². The Morgan fingerprint density at radius 3 is 2.92 bits per heavy atom. The molecule has 3 nitrogen and oxygen atoms in total. The summed E-state index contributed by atoms with van der Waals surface area (Å²) in [5.74, 6) is 0.856. The number of fused-ring (bicyclic) bond motifs is 1. The van der Waals surface area contributed by atoms with E-state index in [4.69, 9.17) is 10.5 Å². The zero-order valence-electron chi connectivity index (χ0n) is 7.50. The molecule has 0 aliphatic rings. The summed E-state index contributed by atoms with van der Waals surface area (Å²) in [4.78, 5) is 3.13. The fourth-order valence-corrected chi connectivity index (χ4v) is 1.58. The standard InChI is InChI=1S/C10H12N2O/c1-13-10-3-2-9-7(4-5-12-9)8(10)6-11/h2-5,12H,6,11H2,1H3. The Kier molecular flexibility index (Phi) is 1.94. The third kappa shape index (κ3) is 1.17. The number of H-pyrrole nitrogens is 1. The SMILES string of the molecule is COc1ccc2[nH]ccc2c1CN. The lowest BCUT2D eigenvalue weighted by molar-refractivity contribution is 0.410. The van der Waals surface area contributed by atoms with Crippen LogP contribution in [0.3, 0.4) is 0 Å². The van der Waals surface area contributed by atoms with Gasteiger partial charge in [-0.15, -0.1) is 0 Å². The molecular formula is C10H12N2O. The highest BCUT2D eigenvalue weighted by Gasteiger charge is 2.06. The molecule has 1 aromatic carbocycles. The molecule has 3 N–H and O–H groups in total. The summed E-state index contributed by atoms with van der Waals surface area (Å²) in [7, 11) is 1.66. The van der Waals surface area contributed by atoms with Gasteiger partial charge >= 0.3 is 0 Å². The van der Waals surface area contributed by atoms with Crippen molar-refractivity contribution in [3.8, 4) is 5.75 Å². The molecule has 0 atom stereocenters. The van der Waals surface area contributed by atoms with Crippen LogP contribution in [0.2, 0.25) is 0 Å². The largest absolute Gasteiger partial charge is 0.496 e. The number of nitrogens with one attached hydrogen (secondary N) is 1. The molecule has 1 aromatic heterocycles. The van der Waals surface area contributed by atoms with Gasteiger partial charge in [0, 0.05) is 29.2 Å². The number of benzene rings is 1. The number of methoxy groups -OCH3 is 1. The molecule has 0 radical (unpaired) electrons. The summed E-state index contributed by atoms with van der Waals surface area (Å²) in [6, 6.07) is 5.94. The number of nitrogens with two attached hydrogens (primary N) is 1. The number of ether oxygens (including phenoxy) is 1. The van der Waals surface area contributed by atoms with Crippen LogP contribution in [-0.4, -0.2) is 12.1 Å². The van der Waals surface area contributed by atoms with E-state index in [0.29, 0.717) is 6.54 Å². The summed E-state index contributed by atoms with van der Waals surface area (Å²) >= 11 is 0. The van der Waals surface area contributed by atoms with Crippen molar-refractivity contribution >= 4 is 10.9 Å². The van der Waals surface area contributed by atoms with Crippen LogP contribution in [-0.2, 0) is 6.54 Å². The van der Waals surface area contributed by atoms with Crippen molar-refractivity contribution in [2.75, 3.05) is 7.11 Å². The molecule has 0 saturated heterocycles. The maximum absolute atomic E-state index is 5.66. The van der Waals surface area contributed by atoms with Gasteiger partial charge in [0.15, 0.2) is 0 Å². The van der Waals surface area contributed by atoms with E-state index >= 15 is 0 Å². The number of aromatic nitrogens is 1. The van der Waals surface area contributed by atoms with Gasteiger partial charge in [-0.2, -0.15) is 0 Å². The molecule has 0 amide bonds. The lowest BCUT2D eigenvalue weighted by atomic mass is 10.1. The van der Waals surface area contributed by atoms with E-state index in [0.717, 1.165) is 22.2 Å². The maximum Gasteiger partial charge on any atom is 0.124 e. The number of rotatable bonds is 2. The third-order valence-electron chi connectivity index (χ3n) is 2.23. The molecule has 1 heterocycles. The molecule has 68 valence electrons. The van der Waals surface area contributed by atoms with Crippen molar-refractivity contribution in [3.05, 3.63) is 30.0 Å². The van der Waals surface area contributed by atoms with E-state index < -0.39 is 0 Å². The second-order valence-electron chi connectivity index (χ2n) is 2.89. The average Bonchev–Trinajstić information content (AvgIpc) is 2.63. The number of hydrogen-bond acceptors (Lipinski definition) is 2. The lowest BCUT2D eigenvalue weighted by Crippen LogP contribution is -2.00. The van der Waals surface area contributed by atoms with Crippen molar-refractivity contribution < 1.29 is 4.74 Å². The molecule has 0 aliphatic carbocycles. The van der Waals surface area contributed by atoms with Gasteiger partial charge in [0.1, 0.15) is 5.75 Å². The Morgan fingerprint density at radius 2 is 2.23 bits per heavy atom. The van der Waals surface area contributed by atoms with E-state index in [2.05, 4.69) is 4.98 Å². The molecular weight excluding hydrogens is 164 g/mol. The molecule has 0 bridgehead atoms. The van der Waals surface area contributed by atoms with Crippen LogP contribution in [0.25, 0.3) is 10.9 Å². The summed E-state index contributed by atoms with van der Waals surface area (Å²) in [6.45, 7) is 0.498. The fraction of sp³-hybridized carbons (Fsp3) is 0.200. The molecule has 3 heteroatoms. The summed E-state index contributed by atoms with van der Waals surface area (Å²) < 4.78 is 5.22. The Labute approximate surface area is 76.5 Å². The number of aromatic amines is 1. The first-order valence-electron chi connectivity index (χ1n) is 4.20. The van der Waals surface area contributed by atoms with Crippen molar-refractivity contribution in [2.45, 2.75) is 6.54 Å². The van der Waals surface area contributed by atoms with E-state index in [1.165, 1.54) is 0 Å². The van der Waals surface area contributed by atoms with Crippen molar-refractivity contribution in [1.82, 2.24) is 4.98 Å². The Hall–Kier alpha value is -1.48. The first-order valence-corrected chi connectivity index (χ1v) is 4.20. The monoisotopic (exact) mass is 176 g/mol. The van der Waals surface area contributed by atoms with Gasteiger partial charge in [0.05, 0.1) is 7.11 Å². The molecule has 0 spiro atoms. The van der Waals surface area contributed by atoms with Crippen LogP contribution in [0.1, 0.15) is 5.56 Å². The summed E-state index contributed by atoms with van der Waals surface area (Å²) in [5.41, 5.74) is 7.81. The van der Waals surface area contributed by atoms with Gasteiger partial charge in [0.25, 0.3) is 0 Å². The minimum atomic E-state index is 0.498. The van der Waals surface area contributed by atoms with Gasteiger partial charge in [-0.05, 0) is 18.2 Å². The van der Waals surface area contributed by atoms with E-state index in [1.54, 1.807) is 7.11 Å². The normalized spacial score (nSPS) is 10.6. The number of hydrogen-bond donors (Lipinski definition) is 2. The van der Waals surface area contributed by atoms with Crippen LogP contribution >= 0.6 is 0 Å². The van der Waals surface area contributed by atoms with E-state index in [9.17, 15) is 0 Å².